The summed E-state index contributed by atoms with van der Waals surface area (Å²) in [4.78, 5) is 10.4. The van der Waals surface area contributed by atoms with Crippen LogP contribution in [0.1, 0.15) is 12.8 Å². The van der Waals surface area contributed by atoms with Crippen LogP contribution in [0.5, 0.6) is 0 Å². The highest BCUT2D eigenvalue weighted by Gasteiger charge is 2.26. The number of halogens is 1. The van der Waals surface area contributed by atoms with E-state index in [1.165, 1.54) is 6.07 Å². The quantitative estimate of drug-likeness (QED) is 0.683. The number of nitro groups is 1. The number of para-hydroxylation sites is 1. The van der Waals surface area contributed by atoms with Crippen molar-refractivity contribution in [3.63, 3.8) is 0 Å². The molecule has 1 N–H and O–H groups in total. The fourth-order valence-corrected chi connectivity index (χ4v) is 3.81. The van der Waals surface area contributed by atoms with Gasteiger partial charge in [-0.15, -0.1) is 0 Å². The van der Waals surface area contributed by atoms with Crippen molar-refractivity contribution in [2.75, 3.05) is 16.8 Å². The molecule has 0 unspecified atom stereocenters. The number of anilines is 1. The highest BCUT2D eigenvalue weighted by Crippen LogP contribution is 2.33. The summed E-state index contributed by atoms with van der Waals surface area (Å²) in [6.07, 6.45) is 0.901. The van der Waals surface area contributed by atoms with Crippen LogP contribution in [0.15, 0.2) is 18.2 Å². The molecule has 6 nitrogen and oxygen atoms in total. The van der Waals surface area contributed by atoms with Crippen molar-refractivity contribution >= 4 is 32.8 Å². The zero-order valence-electron chi connectivity index (χ0n) is 10.0. The number of hydrogen-bond donors (Lipinski definition) is 1. The molecule has 1 aliphatic rings. The van der Waals surface area contributed by atoms with Gasteiger partial charge in [-0.1, -0.05) is 17.7 Å². The molecule has 0 aliphatic carbocycles. The summed E-state index contributed by atoms with van der Waals surface area (Å²) in [5.41, 5.74) is 0.166. The summed E-state index contributed by atoms with van der Waals surface area (Å²) in [7, 11) is -2.94. The molecule has 1 aromatic carbocycles. The first kappa shape index (κ1) is 14.1. The molecule has 19 heavy (non-hydrogen) atoms. The molecule has 0 bridgehead atoms. The number of nitrogens with zero attached hydrogens (tertiary/aromatic N) is 1. The van der Waals surface area contributed by atoms with Gasteiger partial charge in [0.05, 0.1) is 16.4 Å². The monoisotopic (exact) mass is 304 g/mol. The minimum absolute atomic E-state index is 0.0680. The molecule has 0 saturated carbocycles. The number of nitro benzene ring substituents is 1. The summed E-state index contributed by atoms with van der Waals surface area (Å²) < 4.78 is 22.6. The van der Waals surface area contributed by atoms with Gasteiger partial charge in [0.15, 0.2) is 0 Å². The van der Waals surface area contributed by atoms with Crippen LogP contribution < -0.4 is 5.32 Å². The number of rotatable bonds is 3. The van der Waals surface area contributed by atoms with Crippen molar-refractivity contribution in [3.05, 3.63) is 33.3 Å². The molecule has 0 atom stereocenters. The Labute approximate surface area is 115 Å². The molecule has 0 spiro atoms. The van der Waals surface area contributed by atoms with Gasteiger partial charge in [0.25, 0.3) is 0 Å². The van der Waals surface area contributed by atoms with E-state index in [0.29, 0.717) is 18.5 Å². The highest BCUT2D eigenvalue weighted by atomic mass is 35.5. The Morgan fingerprint density at radius 1 is 1.32 bits per heavy atom. The molecular weight excluding hydrogens is 292 g/mol. The number of sulfone groups is 1. The van der Waals surface area contributed by atoms with Gasteiger partial charge in [0.2, 0.25) is 0 Å². The van der Waals surface area contributed by atoms with E-state index in [1.807, 2.05) is 0 Å². The second kappa shape index (κ2) is 5.34. The smallest absolute Gasteiger partial charge is 0.310 e. The van der Waals surface area contributed by atoms with Crippen LogP contribution in [0.3, 0.4) is 0 Å². The molecule has 2 rings (SSSR count). The molecule has 1 heterocycles. The van der Waals surface area contributed by atoms with Crippen molar-refractivity contribution < 1.29 is 13.3 Å². The first-order valence-corrected chi connectivity index (χ1v) is 7.99. The summed E-state index contributed by atoms with van der Waals surface area (Å²) >= 11 is 5.81. The molecule has 104 valence electrons. The van der Waals surface area contributed by atoms with Gasteiger partial charge in [-0.3, -0.25) is 10.1 Å². The standard InChI is InChI=1S/C11H13ClN2O4S/c12-9-2-1-3-10(11(9)14(15)16)13-8-4-6-19(17,18)7-5-8/h1-3,8,13H,4-7H2. The average Bonchev–Trinajstić information content (AvgIpc) is 2.31. The maximum Gasteiger partial charge on any atom is 0.310 e. The first-order valence-electron chi connectivity index (χ1n) is 5.79. The van der Waals surface area contributed by atoms with Crippen LogP contribution in [0.25, 0.3) is 0 Å². The number of hydrogen-bond acceptors (Lipinski definition) is 5. The fraction of sp³-hybridized carbons (Fsp3) is 0.455. The summed E-state index contributed by atoms with van der Waals surface area (Å²) in [5, 5.41) is 14.1. The predicted octanol–water partition coefficient (Wildman–Crippen LogP) is 2.24. The zero-order valence-corrected chi connectivity index (χ0v) is 11.6. The number of benzene rings is 1. The van der Waals surface area contributed by atoms with Gasteiger partial charge >= 0.3 is 5.69 Å². The van der Waals surface area contributed by atoms with Crippen LogP contribution in [0.4, 0.5) is 11.4 Å². The maximum atomic E-state index is 11.3. The molecule has 8 heteroatoms. The Bertz CT molecular complexity index is 589. The van der Waals surface area contributed by atoms with Gasteiger partial charge in [-0.05, 0) is 25.0 Å². The second-order valence-electron chi connectivity index (χ2n) is 4.46. The van der Waals surface area contributed by atoms with E-state index in [9.17, 15) is 18.5 Å². The fourth-order valence-electron chi connectivity index (χ4n) is 2.07. The molecule has 1 aliphatic heterocycles. The molecular formula is C11H13ClN2O4S. The lowest BCUT2D eigenvalue weighted by Gasteiger charge is -2.23. The third-order valence-corrected chi connectivity index (χ3v) is 5.10. The van der Waals surface area contributed by atoms with E-state index in [4.69, 9.17) is 11.6 Å². The van der Waals surface area contributed by atoms with E-state index >= 15 is 0 Å². The normalized spacial score (nSPS) is 19.0. The van der Waals surface area contributed by atoms with Crippen LogP contribution in [0, 0.1) is 10.1 Å². The molecule has 0 amide bonds. The average molecular weight is 305 g/mol. The Morgan fingerprint density at radius 3 is 2.53 bits per heavy atom. The molecule has 0 aromatic heterocycles. The van der Waals surface area contributed by atoms with E-state index in [1.54, 1.807) is 12.1 Å². The van der Waals surface area contributed by atoms with E-state index in [0.717, 1.165) is 0 Å². The minimum atomic E-state index is -2.94. The van der Waals surface area contributed by atoms with Gasteiger partial charge in [-0.25, -0.2) is 8.42 Å². The lowest BCUT2D eigenvalue weighted by molar-refractivity contribution is -0.383. The maximum absolute atomic E-state index is 11.3. The molecule has 1 aromatic rings. The lowest BCUT2D eigenvalue weighted by atomic mass is 10.1. The number of nitrogens with one attached hydrogen (secondary N) is 1. The largest absolute Gasteiger partial charge is 0.377 e. The molecule has 1 saturated heterocycles. The summed E-state index contributed by atoms with van der Waals surface area (Å²) in [6.45, 7) is 0. The van der Waals surface area contributed by atoms with Crippen molar-refractivity contribution in [2.24, 2.45) is 0 Å². The minimum Gasteiger partial charge on any atom is -0.377 e. The third-order valence-electron chi connectivity index (χ3n) is 3.08. The van der Waals surface area contributed by atoms with Crippen LogP contribution in [-0.4, -0.2) is 30.9 Å². The third kappa shape index (κ3) is 3.36. The Kier molecular flexibility index (Phi) is 3.96. The van der Waals surface area contributed by atoms with Crippen molar-refractivity contribution in [1.29, 1.82) is 0 Å². The Hall–Kier alpha value is -1.34. The van der Waals surface area contributed by atoms with E-state index in [-0.39, 0.29) is 28.3 Å². The van der Waals surface area contributed by atoms with Gasteiger partial charge in [0, 0.05) is 6.04 Å². The predicted molar refractivity (Wildman–Crippen MR) is 73.4 cm³/mol. The van der Waals surface area contributed by atoms with E-state index < -0.39 is 14.8 Å². The van der Waals surface area contributed by atoms with Gasteiger partial charge < -0.3 is 5.32 Å². The molecule has 1 fully saturated rings. The SMILES string of the molecule is O=[N+]([O-])c1c(Cl)cccc1NC1CCS(=O)(=O)CC1. The van der Waals surface area contributed by atoms with Crippen LogP contribution >= 0.6 is 11.6 Å². The van der Waals surface area contributed by atoms with Crippen molar-refractivity contribution in [2.45, 2.75) is 18.9 Å². The van der Waals surface area contributed by atoms with Crippen LogP contribution in [-0.2, 0) is 9.84 Å². The topological polar surface area (TPSA) is 89.3 Å². The van der Waals surface area contributed by atoms with Crippen LogP contribution in [0.2, 0.25) is 5.02 Å². The summed E-state index contributed by atoms with van der Waals surface area (Å²) in [6, 6.07) is 4.57. The Morgan fingerprint density at radius 2 is 1.95 bits per heavy atom. The summed E-state index contributed by atoms with van der Waals surface area (Å²) in [5.74, 6) is 0.220. The zero-order chi connectivity index (χ0) is 14.0. The molecule has 0 radical (unpaired) electrons. The van der Waals surface area contributed by atoms with Gasteiger partial charge in [-0.2, -0.15) is 0 Å². The van der Waals surface area contributed by atoms with E-state index in [2.05, 4.69) is 5.32 Å². The Balaban J connectivity index is 2.16. The van der Waals surface area contributed by atoms with Crippen molar-refractivity contribution in [3.8, 4) is 0 Å². The van der Waals surface area contributed by atoms with Gasteiger partial charge in [0.1, 0.15) is 20.5 Å². The highest BCUT2D eigenvalue weighted by molar-refractivity contribution is 7.91. The second-order valence-corrected chi connectivity index (χ2v) is 7.17. The lowest BCUT2D eigenvalue weighted by Crippen LogP contribution is -2.32. The van der Waals surface area contributed by atoms with Crippen molar-refractivity contribution in [1.82, 2.24) is 0 Å². The first-order chi connectivity index (χ1) is 8.89.